The average Bonchev–Trinajstić information content (AvgIpc) is 3.53. The van der Waals surface area contributed by atoms with E-state index in [0.29, 0.717) is 30.2 Å². The van der Waals surface area contributed by atoms with Crippen LogP contribution in [0, 0.1) is 29.0 Å². The molecule has 1 aromatic heterocycles. The Kier molecular flexibility index (Phi) is 7.31. The van der Waals surface area contributed by atoms with Crippen molar-refractivity contribution in [2.24, 2.45) is 11.8 Å². The highest BCUT2D eigenvalue weighted by Gasteiger charge is 2.44. The van der Waals surface area contributed by atoms with Crippen molar-refractivity contribution in [3.63, 3.8) is 0 Å². The molecule has 3 aromatic rings. The monoisotopic (exact) mass is 541 g/mol. The summed E-state index contributed by atoms with van der Waals surface area (Å²) < 4.78 is 41.9. The number of H-pyrrole nitrogens is 1. The molecule has 3 aliphatic rings. The van der Waals surface area contributed by atoms with Gasteiger partial charge >= 0.3 is 5.69 Å². The predicted molar refractivity (Wildman–Crippen MR) is 143 cm³/mol. The van der Waals surface area contributed by atoms with Crippen LogP contribution in [0.25, 0.3) is 11.0 Å². The summed E-state index contributed by atoms with van der Waals surface area (Å²) >= 11 is 0. The lowest BCUT2D eigenvalue weighted by Gasteiger charge is -2.39. The number of rotatable bonds is 3. The van der Waals surface area contributed by atoms with Gasteiger partial charge in [0, 0.05) is 44.0 Å². The number of imidazole rings is 1. The van der Waals surface area contributed by atoms with Crippen LogP contribution in [0.5, 0.6) is 0 Å². The first-order valence-electron chi connectivity index (χ1n) is 12.9. The molecule has 0 radical (unpaired) electrons. The van der Waals surface area contributed by atoms with Crippen LogP contribution in [0.2, 0.25) is 0 Å². The number of nitriles is 1. The highest BCUT2D eigenvalue weighted by molar-refractivity contribution is 7.85. The first-order chi connectivity index (χ1) is 18.1. The molecule has 2 saturated carbocycles. The number of nitrogens with zero attached hydrogens (tertiary/aromatic N) is 4. The fraction of sp³-hybridized carbons (Fsp3) is 0.481. The first kappa shape index (κ1) is 26.4. The van der Waals surface area contributed by atoms with E-state index in [1.807, 2.05) is 41.0 Å². The SMILES string of the molecule is CS(=O)(=O)O.N#Cc1ccc(N2CCN(C3CC4CC(n5c(=O)[nH]c6ccccc65)CC4C3)CC2)cc1F. The van der Waals surface area contributed by atoms with Gasteiger partial charge in [-0.1, -0.05) is 12.1 Å². The van der Waals surface area contributed by atoms with Crippen LogP contribution in [-0.2, 0) is 10.1 Å². The second-order valence-corrected chi connectivity index (χ2v) is 12.1. The molecule has 2 unspecified atom stereocenters. The number of fused-ring (bicyclic) bond motifs is 2. The number of nitrogens with one attached hydrogen (secondary N) is 1. The highest BCUT2D eigenvalue weighted by Crippen LogP contribution is 2.50. The van der Waals surface area contributed by atoms with Crippen LogP contribution < -0.4 is 10.6 Å². The lowest BCUT2D eigenvalue weighted by Crippen LogP contribution is -2.50. The molecule has 6 rings (SSSR count). The van der Waals surface area contributed by atoms with Crippen molar-refractivity contribution in [2.45, 2.75) is 37.8 Å². The quantitative estimate of drug-likeness (QED) is 0.488. The van der Waals surface area contributed by atoms with Crippen LogP contribution >= 0.6 is 0 Å². The van der Waals surface area contributed by atoms with E-state index < -0.39 is 15.9 Å². The zero-order valence-corrected chi connectivity index (χ0v) is 22.1. The molecule has 11 heteroatoms. The van der Waals surface area contributed by atoms with Crippen molar-refractivity contribution < 1.29 is 17.4 Å². The van der Waals surface area contributed by atoms with Crippen molar-refractivity contribution in [3.8, 4) is 6.07 Å². The Morgan fingerprint density at radius 1 is 1.00 bits per heavy atom. The van der Waals surface area contributed by atoms with Gasteiger partial charge in [0.25, 0.3) is 10.1 Å². The molecule has 2 aliphatic carbocycles. The molecular weight excluding hydrogens is 509 g/mol. The second-order valence-electron chi connectivity index (χ2n) is 10.6. The fourth-order valence-corrected chi connectivity index (χ4v) is 6.63. The van der Waals surface area contributed by atoms with E-state index in [1.165, 1.54) is 18.9 Å². The molecule has 1 aliphatic heterocycles. The van der Waals surface area contributed by atoms with Crippen molar-refractivity contribution in [1.82, 2.24) is 14.5 Å². The first-order valence-corrected chi connectivity index (χ1v) is 14.8. The van der Waals surface area contributed by atoms with Gasteiger partial charge in [-0.25, -0.2) is 9.18 Å². The fourth-order valence-electron chi connectivity index (χ4n) is 6.63. The lowest BCUT2D eigenvalue weighted by molar-refractivity contribution is 0.177. The predicted octanol–water partition coefficient (Wildman–Crippen LogP) is 3.40. The third-order valence-corrected chi connectivity index (χ3v) is 8.22. The van der Waals surface area contributed by atoms with E-state index in [1.54, 1.807) is 6.07 Å². The number of aromatic amines is 1. The van der Waals surface area contributed by atoms with E-state index in [4.69, 9.17) is 9.81 Å². The van der Waals surface area contributed by atoms with Gasteiger partial charge in [0.2, 0.25) is 0 Å². The number of halogens is 1. The number of piperazine rings is 1. The molecule has 9 nitrogen and oxygen atoms in total. The van der Waals surface area contributed by atoms with Crippen molar-refractivity contribution in [3.05, 3.63) is 64.3 Å². The summed E-state index contributed by atoms with van der Waals surface area (Å²) in [6.45, 7) is 3.73. The number of benzene rings is 2. The Balaban J connectivity index is 0.000000540. The van der Waals surface area contributed by atoms with E-state index in [2.05, 4.69) is 14.8 Å². The molecule has 2 N–H and O–H groups in total. The lowest BCUT2D eigenvalue weighted by atomic mass is 10.0. The minimum absolute atomic E-state index is 0.0214. The van der Waals surface area contributed by atoms with E-state index in [9.17, 15) is 17.6 Å². The summed E-state index contributed by atoms with van der Waals surface area (Å²) in [6.07, 6.45) is 5.32. The van der Waals surface area contributed by atoms with Crippen LogP contribution in [-0.4, -0.2) is 65.9 Å². The van der Waals surface area contributed by atoms with Gasteiger partial charge in [0.1, 0.15) is 11.9 Å². The summed E-state index contributed by atoms with van der Waals surface area (Å²) in [5.41, 5.74) is 2.94. The Bertz CT molecular complexity index is 1500. The maximum absolute atomic E-state index is 14.0. The molecule has 202 valence electrons. The summed E-state index contributed by atoms with van der Waals surface area (Å²) in [6, 6.07) is 15.7. The van der Waals surface area contributed by atoms with Gasteiger partial charge in [0.15, 0.2) is 0 Å². The van der Waals surface area contributed by atoms with Gasteiger partial charge in [0.05, 0.1) is 22.9 Å². The third kappa shape index (κ3) is 5.62. The number of hydrogen-bond donors (Lipinski definition) is 2. The number of anilines is 1. The summed E-state index contributed by atoms with van der Waals surface area (Å²) in [5.74, 6) is 0.933. The van der Waals surface area contributed by atoms with E-state index in [-0.39, 0.29) is 11.3 Å². The average molecular weight is 542 g/mol. The normalized spacial score (nSPS) is 25.6. The van der Waals surface area contributed by atoms with Crippen molar-refractivity contribution in [2.75, 3.05) is 37.3 Å². The molecule has 38 heavy (non-hydrogen) atoms. The van der Waals surface area contributed by atoms with Gasteiger partial charge in [-0.15, -0.1) is 0 Å². The molecule has 2 aromatic carbocycles. The number of para-hydroxylation sites is 2. The minimum atomic E-state index is -3.67. The Morgan fingerprint density at radius 3 is 2.21 bits per heavy atom. The molecular formula is C27H32FN5O4S. The van der Waals surface area contributed by atoms with Crippen LogP contribution in [0.15, 0.2) is 47.3 Å². The summed E-state index contributed by atoms with van der Waals surface area (Å²) in [5, 5.41) is 8.95. The summed E-state index contributed by atoms with van der Waals surface area (Å²) in [7, 11) is -3.67. The minimum Gasteiger partial charge on any atom is -0.369 e. The Morgan fingerprint density at radius 2 is 1.61 bits per heavy atom. The third-order valence-electron chi connectivity index (χ3n) is 8.22. The van der Waals surface area contributed by atoms with Crippen molar-refractivity contribution in [1.29, 1.82) is 5.26 Å². The standard InChI is InChI=1S/C26H28FN5O.CH4O3S/c27-23-15-20(6-5-17(23)16-28)30-7-9-31(10-8-30)21-11-18-13-22(14-19(18)12-21)32-25-4-2-1-3-24(25)29-26(32)33;1-5(2,3)4/h1-6,15,18-19,21-22H,7-14H2,(H,29,33);1H3,(H,2,3,4). The molecule has 2 atom stereocenters. The molecule has 0 spiro atoms. The molecule has 0 bridgehead atoms. The van der Waals surface area contributed by atoms with Gasteiger partial charge in [-0.05, 0) is 67.9 Å². The maximum atomic E-state index is 14.0. The largest absolute Gasteiger partial charge is 0.369 e. The highest BCUT2D eigenvalue weighted by atomic mass is 32.2. The zero-order chi connectivity index (χ0) is 27.0. The topological polar surface area (TPSA) is 122 Å². The zero-order valence-electron chi connectivity index (χ0n) is 21.3. The van der Waals surface area contributed by atoms with Crippen LogP contribution in [0.4, 0.5) is 10.1 Å². The molecule has 0 amide bonds. The van der Waals surface area contributed by atoms with Crippen LogP contribution in [0.3, 0.4) is 0 Å². The number of hydrogen-bond acceptors (Lipinski definition) is 6. The Labute approximate surface area is 221 Å². The molecule has 2 heterocycles. The van der Waals surface area contributed by atoms with Gasteiger partial charge in [-0.3, -0.25) is 14.0 Å². The van der Waals surface area contributed by atoms with E-state index in [0.717, 1.165) is 55.7 Å². The molecule has 3 fully saturated rings. The molecule has 1 saturated heterocycles. The Hall–Kier alpha value is -3.20. The second kappa shape index (κ2) is 10.5. The summed E-state index contributed by atoms with van der Waals surface area (Å²) in [4.78, 5) is 20.5. The van der Waals surface area contributed by atoms with Gasteiger partial charge < -0.3 is 9.88 Å². The van der Waals surface area contributed by atoms with Gasteiger partial charge in [-0.2, -0.15) is 13.7 Å². The van der Waals surface area contributed by atoms with E-state index >= 15 is 0 Å². The number of aromatic nitrogens is 2. The van der Waals surface area contributed by atoms with Crippen LogP contribution in [0.1, 0.15) is 37.3 Å². The van der Waals surface area contributed by atoms with Crippen molar-refractivity contribution >= 4 is 26.8 Å². The smallest absolute Gasteiger partial charge is 0.326 e. The maximum Gasteiger partial charge on any atom is 0.326 e.